The highest BCUT2D eigenvalue weighted by atomic mass is 35.5. The molecule has 1 amide bonds. The van der Waals surface area contributed by atoms with Gasteiger partial charge in [-0.05, 0) is 36.0 Å². The Morgan fingerprint density at radius 2 is 2.06 bits per heavy atom. The van der Waals surface area contributed by atoms with Gasteiger partial charge in [0.1, 0.15) is 5.15 Å². The Morgan fingerprint density at radius 3 is 2.78 bits per heavy atom. The molecule has 2 unspecified atom stereocenters. The number of amides is 1. The van der Waals surface area contributed by atoms with Crippen molar-refractivity contribution in [3.05, 3.63) is 69.7 Å². The summed E-state index contributed by atoms with van der Waals surface area (Å²) in [5, 5.41) is 3.45. The van der Waals surface area contributed by atoms with Gasteiger partial charge < -0.3 is 10.2 Å². The number of anilines is 1. The van der Waals surface area contributed by atoms with Crippen LogP contribution in [0.2, 0.25) is 5.15 Å². The van der Waals surface area contributed by atoms with E-state index in [-0.39, 0.29) is 27.9 Å². The zero-order valence-electron chi connectivity index (χ0n) is 17.2. The van der Waals surface area contributed by atoms with Crippen LogP contribution in [-0.2, 0) is 7.05 Å². The molecular formula is C22H20ClFN6O2. The van der Waals surface area contributed by atoms with Crippen LogP contribution in [0.4, 0.5) is 10.3 Å². The summed E-state index contributed by atoms with van der Waals surface area (Å²) >= 11 is 6.06. The molecule has 2 fully saturated rings. The summed E-state index contributed by atoms with van der Waals surface area (Å²) in [6, 6.07) is 6.19. The van der Waals surface area contributed by atoms with Crippen molar-refractivity contribution in [2.45, 2.75) is 0 Å². The molecular weight excluding hydrogens is 435 g/mol. The molecule has 8 nitrogen and oxygen atoms in total. The van der Waals surface area contributed by atoms with Crippen molar-refractivity contribution in [3.8, 4) is 11.3 Å². The van der Waals surface area contributed by atoms with Crippen molar-refractivity contribution in [1.82, 2.24) is 24.4 Å². The third-order valence-electron chi connectivity index (χ3n) is 6.33. The smallest absolute Gasteiger partial charge is 0.257 e. The molecule has 3 aromatic rings. The van der Waals surface area contributed by atoms with Crippen LogP contribution < -0.4 is 10.9 Å². The lowest BCUT2D eigenvalue weighted by Crippen LogP contribution is -2.33. The summed E-state index contributed by atoms with van der Waals surface area (Å²) in [6.07, 6.45) is 4.11. The van der Waals surface area contributed by atoms with E-state index in [1.165, 1.54) is 22.9 Å². The third-order valence-corrected chi connectivity index (χ3v) is 6.63. The molecule has 10 heteroatoms. The van der Waals surface area contributed by atoms with Crippen molar-refractivity contribution in [1.29, 1.82) is 0 Å². The quantitative estimate of drug-likeness (QED) is 0.595. The number of carbonyl (C=O) groups excluding carboxylic acids is 1. The minimum Gasteiger partial charge on any atom is -0.355 e. The molecule has 1 aliphatic heterocycles. The summed E-state index contributed by atoms with van der Waals surface area (Å²) in [5.41, 5.74) is 0.628. The SMILES string of the molecule is Cn1c(NCC2C3CN(C(=O)c4cccnc4Cl)CC23)nc(-c2ccncc2F)cc1=O. The highest BCUT2D eigenvalue weighted by Crippen LogP contribution is 2.51. The zero-order chi connectivity index (χ0) is 22.4. The Balaban J connectivity index is 1.24. The Morgan fingerprint density at radius 1 is 1.28 bits per heavy atom. The van der Waals surface area contributed by atoms with Gasteiger partial charge in [-0.1, -0.05) is 11.6 Å². The fourth-order valence-electron chi connectivity index (χ4n) is 4.46. The molecule has 0 radical (unpaired) electrons. The van der Waals surface area contributed by atoms with Crippen LogP contribution in [0.25, 0.3) is 11.3 Å². The molecule has 4 heterocycles. The van der Waals surface area contributed by atoms with Crippen LogP contribution in [0.3, 0.4) is 0 Å². The summed E-state index contributed by atoms with van der Waals surface area (Å²) in [5.74, 6) is 0.900. The van der Waals surface area contributed by atoms with Gasteiger partial charge in [-0.2, -0.15) is 0 Å². The maximum absolute atomic E-state index is 14.1. The van der Waals surface area contributed by atoms with E-state index in [1.807, 2.05) is 4.90 Å². The van der Waals surface area contributed by atoms with Crippen LogP contribution in [0, 0.1) is 23.6 Å². The largest absolute Gasteiger partial charge is 0.355 e. The summed E-state index contributed by atoms with van der Waals surface area (Å²) < 4.78 is 15.5. The van der Waals surface area contributed by atoms with Gasteiger partial charge in [-0.3, -0.25) is 19.1 Å². The van der Waals surface area contributed by atoms with Crippen molar-refractivity contribution in [3.63, 3.8) is 0 Å². The fraction of sp³-hybridized carbons (Fsp3) is 0.318. The second kappa shape index (κ2) is 7.98. The van der Waals surface area contributed by atoms with Gasteiger partial charge in [0, 0.05) is 50.7 Å². The van der Waals surface area contributed by atoms with Crippen molar-refractivity contribution < 1.29 is 9.18 Å². The molecule has 1 N–H and O–H groups in total. The molecule has 32 heavy (non-hydrogen) atoms. The highest BCUT2D eigenvalue weighted by molar-refractivity contribution is 6.32. The standard InChI is InChI=1S/C22H20ClFN6O2/c1-29-19(31)7-18(12-4-6-25-9-17(12)24)28-22(29)27-8-14-15-10-30(11-16(14)15)21(32)13-3-2-5-26-20(13)23/h2-7,9,14-16H,8,10-11H2,1H3,(H,27,28). The number of hydrogen-bond donors (Lipinski definition) is 1. The summed E-state index contributed by atoms with van der Waals surface area (Å²) in [4.78, 5) is 39.0. The van der Waals surface area contributed by atoms with Gasteiger partial charge >= 0.3 is 0 Å². The molecule has 2 atom stereocenters. The predicted octanol–water partition coefficient (Wildman–Crippen LogP) is 2.46. The highest BCUT2D eigenvalue weighted by Gasteiger charge is 2.56. The molecule has 164 valence electrons. The number of halogens is 2. The Kier molecular flexibility index (Phi) is 5.13. The van der Waals surface area contributed by atoms with E-state index in [0.717, 1.165) is 6.20 Å². The number of pyridine rings is 2. The van der Waals surface area contributed by atoms with E-state index in [0.29, 0.717) is 48.9 Å². The first-order chi connectivity index (χ1) is 15.4. The minimum atomic E-state index is -0.533. The Bertz CT molecular complexity index is 1250. The molecule has 2 aliphatic rings. The second-order valence-electron chi connectivity index (χ2n) is 8.14. The third kappa shape index (κ3) is 3.62. The average molecular weight is 455 g/mol. The first-order valence-electron chi connectivity index (χ1n) is 10.3. The molecule has 0 spiro atoms. The van der Waals surface area contributed by atoms with Crippen LogP contribution in [0.1, 0.15) is 10.4 Å². The number of piperidine rings is 1. The van der Waals surface area contributed by atoms with Gasteiger partial charge in [0.2, 0.25) is 5.95 Å². The monoisotopic (exact) mass is 454 g/mol. The van der Waals surface area contributed by atoms with Crippen molar-refractivity contribution >= 4 is 23.5 Å². The molecule has 1 saturated carbocycles. The van der Waals surface area contributed by atoms with Gasteiger partial charge in [0.05, 0.1) is 17.5 Å². The van der Waals surface area contributed by atoms with Crippen LogP contribution in [0.5, 0.6) is 0 Å². The number of carbonyl (C=O) groups is 1. The number of rotatable bonds is 5. The van der Waals surface area contributed by atoms with E-state index in [2.05, 4.69) is 20.3 Å². The topological polar surface area (TPSA) is 93.0 Å². The lowest BCUT2D eigenvalue weighted by molar-refractivity contribution is 0.0768. The van der Waals surface area contributed by atoms with E-state index in [1.54, 1.807) is 25.4 Å². The maximum atomic E-state index is 14.1. The lowest BCUT2D eigenvalue weighted by Gasteiger charge is -2.20. The van der Waals surface area contributed by atoms with Crippen molar-refractivity contribution in [2.24, 2.45) is 24.8 Å². The molecule has 0 bridgehead atoms. The predicted molar refractivity (Wildman–Crippen MR) is 117 cm³/mol. The first kappa shape index (κ1) is 20.6. The number of hydrogen-bond acceptors (Lipinski definition) is 6. The first-order valence-corrected chi connectivity index (χ1v) is 10.6. The molecule has 1 aliphatic carbocycles. The van der Waals surface area contributed by atoms with E-state index in [4.69, 9.17) is 11.6 Å². The second-order valence-corrected chi connectivity index (χ2v) is 8.50. The number of likely N-dealkylation sites (tertiary alicyclic amines) is 1. The molecule has 0 aromatic carbocycles. The number of aromatic nitrogens is 4. The van der Waals surface area contributed by atoms with Crippen LogP contribution in [-0.4, -0.2) is 50.0 Å². The number of fused-ring (bicyclic) bond motifs is 1. The Hall–Kier alpha value is -3.33. The van der Waals surface area contributed by atoms with Crippen molar-refractivity contribution in [2.75, 3.05) is 25.0 Å². The average Bonchev–Trinajstić information content (AvgIpc) is 3.23. The van der Waals surface area contributed by atoms with Gasteiger partial charge in [0.25, 0.3) is 11.5 Å². The number of nitrogens with one attached hydrogen (secondary N) is 1. The molecule has 1 saturated heterocycles. The molecule has 3 aromatic heterocycles. The van der Waals surface area contributed by atoms with Crippen LogP contribution >= 0.6 is 11.6 Å². The van der Waals surface area contributed by atoms with Gasteiger partial charge in [0.15, 0.2) is 5.82 Å². The van der Waals surface area contributed by atoms with E-state index < -0.39 is 5.82 Å². The van der Waals surface area contributed by atoms with E-state index >= 15 is 0 Å². The minimum absolute atomic E-state index is 0.0989. The Labute approximate surface area is 188 Å². The lowest BCUT2D eigenvalue weighted by atomic mass is 10.2. The summed E-state index contributed by atoms with van der Waals surface area (Å²) in [7, 11) is 1.62. The maximum Gasteiger partial charge on any atom is 0.257 e. The van der Waals surface area contributed by atoms with Crippen LogP contribution in [0.15, 0.2) is 47.7 Å². The van der Waals surface area contributed by atoms with E-state index in [9.17, 15) is 14.0 Å². The summed E-state index contributed by atoms with van der Waals surface area (Å²) in [6.45, 7) is 1.94. The normalized spacial score (nSPS) is 21.3. The fourth-order valence-corrected chi connectivity index (χ4v) is 4.66. The van der Waals surface area contributed by atoms with Gasteiger partial charge in [-0.15, -0.1) is 0 Å². The number of nitrogens with zero attached hydrogens (tertiary/aromatic N) is 5. The molecule has 5 rings (SSSR count). The van der Waals surface area contributed by atoms with Gasteiger partial charge in [-0.25, -0.2) is 14.4 Å². The zero-order valence-corrected chi connectivity index (χ0v) is 18.0.